The molecule has 2 aromatic carbocycles. The van der Waals surface area contributed by atoms with Crippen LogP contribution in [-0.2, 0) is 22.3 Å². The highest BCUT2D eigenvalue weighted by Gasteiger charge is 2.13. The van der Waals surface area contributed by atoms with Gasteiger partial charge in [-0.2, -0.15) is 0 Å². The SMILES string of the molecule is NCc1ccc(CS(=O)(=O)Nc2ccccc2Cl)cc1. The fourth-order valence-electron chi connectivity index (χ4n) is 1.74. The number of nitrogens with one attached hydrogen (secondary N) is 1. The lowest BCUT2D eigenvalue weighted by Gasteiger charge is -2.09. The molecule has 0 bridgehead atoms. The summed E-state index contributed by atoms with van der Waals surface area (Å²) in [5.74, 6) is -0.108. The molecule has 0 radical (unpaired) electrons. The van der Waals surface area contributed by atoms with Crippen LogP contribution in [0, 0.1) is 0 Å². The van der Waals surface area contributed by atoms with Crippen LogP contribution in [0.3, 0.4) is 0 Å². The molecule has 6 heteroatoms. The Morgan fingerprint density at radius 1 is 1.00 bits per heavy atom. The van der Waals surface area contributed by atoms with Crippen molar-refractivity contribution >= 4 is 27.3 Å². The van der Waals surface area contributed by atoms with Crippen molar-refractivity contribution in [3.8, 4) is 0 Å². The van der Waals surface area contributed by atoms with Gasteiger partial charge in [-0.05, 0) is 23.3 Å². The fourth-order valence-corrected chi connectivity index (χ4v) is 3.19. The largest absolute Gasteiger partial charge is 0.326 e. The number of rotatable bonds is 5. The van der Waals surface area contributed by atoms with E-state index in [2.05, 4.69) is 4.72 Å². The van der Waals surface area contributed by atoms with E-state index in [0.29, 0.717) is 22.8 Å². The summed E-state index contributed by atoms with van der Waals surface area (Å²) < 4.78 is 26.6. The van der Waals surface area contributed by atoms with Gasteiger partial charge < -0.3 is 5.73 Å². The first-order valence-electron chi connectivity index (χ1n) is 6.03. The summed E-state index contributed by atoms with van der Waals surface area (Å²) >= 11 is 5.93. The Morgan fingerprint density at radius 3 is 2.20 bits per heavy atom. The molecule has 0 unspecified atom stereocenters. The number of anilines is 1. The normalized spacial score (nSPS) is 11.3. The molecule has 3 N–H and O–H groups in total. The fraction of sp³-hybridized carbons (Fsp3) is 0.143. The number of hydrogen-bond donors (Lipinski definition) is 2. The smallest absolute Gasteiger partial charge is 0.236 e. The van der Waals surface area contributed by atoms with Gasteiger partial charge in [0.05, 0.1) is 16.5 Å². The Labute approximate surface area is 123 Å². The molecule has 2 aromatic rings. The molecule has 0 aromatic heterocycles. The maximum absolute atomic E-state index is 12.1. The van der Waals surface area contributed by atoms with Crippen molar-refractivity contribution in [1.29, 1.82) is 0 Å². The van der Waals surface area contributed by atoms with Crippen LogP contribution >= 0.6 is 11.6 Å². The first-order valence-corrected chi connectivity index (χ1v) is 8.06. The van der Waals surface area contributed by atoms with Crippen LogP contribution in [0.5, 0.6) is 0 Å². The predicted molar refractivity (Wildman–Crippen MR) is 82.0 cm³/mol. The third kappa shape index (κ3) is 3.96. The van der Waals surface area contributed by atoms with Gasteiger partial charge in [0.15, 0.2) is 0 Å². The maximum Gasteiger partial charge on any atom is 0.236 e. The van der Waals surface area contributed by atoms with Crippen LogP contribution in [-0.4, -0.2) is 8.42 Å². The lowest BCUT2D eigenvalue weighted by Crippen LogP contribution is -2.15. The summed E-state index contributed by atoms with van der Waals surface area (Å²) in [6.45, 7) is 0.435. The number of hydrogen-bond acceptors (Lipinski definition) is 3. The minimum atomic E-state index is -3.50. The molecule has 0 aliphatic carbocycles. The van der Waals surface area contributed by atoms with E-state index in [1.165, 1.54) is 0 Å². The van der Waals surface area contributed by atoms with E-state index in [1.807, 2.05) is 12.1 Å². The Bertz CT molecular complexity index is 685. The first-order chi connectivity index (χ1) is 9.50. The minimum absolute atomic E-state index is 0.108. The molecule has 2 rings (SSSR count). The third-order valence-electron chi connectivity index (χ3n) is 2.75. The molecule has 20 heavy (non-hydrogen) atoms. The van der Waals surface area contributed by atoms with E-state index in [9.17, 15) is 8.42 Å². The van der Waals surface area contributed by atoms with Crippen molar-refractivity contribution in [1.82, 2.24) is 0 Å². The summed E-state index contributed by atoms with van der Waals surface area (Å²) in [6, 6.07) is 13.9. The molecule has 0 atom stereocenters. The van der Waals surface area contributed by atoms with Crippen molar-refractivity contribution < 1.29 is 8.42 Å². The molecule has 0 heterocycles. The summed E-state index contributed by atoms with van der Waals surface area (Å²) in [5.41, 5.74) is 7.54. The zero-order valence-electron chi connectivity index (χ0n) is 10.7. The molecule has 106 valence electrons. The zero-order valence-corrected chi connectivity index (χ0v) is 12.3. The van der Waals surface area contributed by atoms with E-state index in [-0.39, 0.29) is 5.75 Å². The molecule has 0 amide bonds. The maximum atomic E-state index is 12.1. The second-order valence-electron chi connectivity index (χ2n) is 4.36. The van der Waals surface area contributed by atoms with Gasteiger partial charge in [-0.25, -0.2) is 8.42 Å². The quantitative estimate of drug-likeness (QED) is 0.892. The highest BCUT2D eigenvalue weighted by atomic mass is 35.5. The van der Waals surface area contributed by atoms with E-state index < -0.39 is 10.0 Å². The zero-order chi connectivity index (χ0) is 14.6. The van der Waals surface area contributed by atoms with Crippen LogP contribution < -0.4 is 10.5 Å². The number of benzene rings is 2. The second-order valence-corrected chi connectivity index (χ2v) is 6.49. The summed E-state index contributed by atoms with van der Waals surface area (Å²) in [4.78, 5) is 0. The summed E-state index contributed by atoms with van der Waals surface area (Å²) in [6.07, 6.45) is 0. The number of nitrogens with two attached hydrogens (primary N) is 1. The predicted octanol–water partition coefficient (Wildman–Crippen LogP) is 2.74. The highest BCUT2D eigenvalue weighted by Crippen LogP contribution is 2.22. The monoisotopic (exact) mass is 310 g/mol. The van der Waals surface area contributed by atoms with Crippen molar-refractivity contribution in [3.63, 3.8) is 0 Å². The van der Waals surface area contributed by atoms with E-state index in [0.717, 1.165) is 5.56 Å². The van der Waals surface area contributed by atoms with Crippen LogP contribution in [0.15, 0.2) is 48.5 Å². The van der Waals surface area contributed by atoms with Crippen molar-refractivity contribution in [2.45, 2.75) is 12.3 Å². The molecule has 0 fully saturated rings. The first kappa shape index (κ1) is 14.8. The average molecular weight is 311 g/mol. The topological polar surface area (TPSA) is 72.2 Å². The van der Waals surface area contributed by atoms with E-state index in [1.54, 1.807) is 36.4 Å². The van der Waals surface area contributed by atoms with Crippen molar-refractivity contribution in [2.24, 2.45) is 5.73 Å². The molecular weight excluding hydrogens is 296 g/mol. The van der Waals surface area contributed by atoms with Gasteiger partial charge in [-0.3, -0.25) is 4.72 Å². The number of para-hydroxylation sites is 1. The van der Waals surface area contributed by atoms with Gasteiger partial charge in [0.25, 0.3) is 0 Å². The van der Waals surface area contributed by atoms with Crippen LogP contribution in [0.2, 0.25) is 5.02 Å². The van der Waals surface area contributed by atoms with Gasteiger partial charge in [-0.15, -0.1) is 0 Å². The summed E-state index contributed by atoms with van der Waals surface area (Å²) in [5, 5.41) is 0.370. The number of sulfonamides is 1. The van der Waals surface area contributed by atoms with Gasteiger partial charge in [0.1, 0.15) is 0 Å². The second kappa shape index (κ2) is 6.26. The van der Waals surface area contributed by atoms with Gasteiger partial charge in [0, 0.05) is 6.54 Å². The Balaban J connectivity index is 2.13. The van der Waals surface area contributed by atoms with E-state index >= 15 is 0 Å². The molecular formula is C14H15ClN2O2S. The number of halogens is 1. The standard InChI is InChI=1S/C14H15ClN2O2S/c15-13-3-1-2-4-14(13)17-20(18,19)10-12-7-5-11(9-16)6-8-12/h1-8,17H,9-10,16H2. The van der Waals surface area contributed by atoms with Crippen molar-refractivity contribution in [3.05, 3.63) is 64.7 Å². The molecule has 0 saturated carbocycles. The molecule has 0 spiro atoms. The van der Waals surface area contributed by atoms with Crippen LogP contribution in [0.1, 0.15) is 11.1 Å². The van der Waals surface area contributed by atoms with E-state index in [4.69, 9.17) is 17.3 Å². The average Bonchev–Trinajstić information content (AvgIpc) is 2.41. The lowest BCUT2D eigenvalue weighted by atomic mass is 10.1. The Kier molecular flexibility index (Phi) is 4.65. The Morgan fingerprint density at radius 2 is 1.60 bits per heavy atom. The molecule has 4 nitrogen and oxygen atoms in total. The Hall–Kier alpha value is -1.56. The van der Waals surface area contributed by atoms with Crippen LogP contribution in [0.4, 0.5) is 5.69 Å². The van der Waals surface area contributed by atoms with Gasteiger partial charge >= 0.3 is 0 Å². The minimum Gasteiger partial charge on any atom is -0.326 e. The molecule has 0 aliphatic heterocycles. The highest BCUT2D eigenvalue weighted by molar-refractivity contribution is 7.91. The van der Waals surface area contributed by atoms with Gasteiger partial charge in [-0.1, -0.05) is 48.0 Å². The van der Waals surface area contributed by atoms with Crippen molar-refractivity contribution in [2.75, 3.05) is 4.72 Å². The third-order valence-corrected chi connectivity index (χ3v) is 4.33. The summed E-state index contributed by atoms with van der Waals surface area (Å²) in [7, 11) is -3.50. The molecule has 0 saturated heterocycles. The van der Waals surface area contributed by atoms with Gasteiger partial charge in [0.2, 0.25) is 10.0 Å². The van der Waals surface area contributed by atoms with Crippen LogP contribution in [0.25, 0.3) is 0 Å². The molecule has 0 aliphatic rings. The lowest BCUT2D eigenvalue weighted by molar-refractivity contribution is 0.600.